The number of halogens is 1. The van der Waals surface area contributed by atoms with Gasteiger partial charge in [-0.2, -0.15) is 5.26 Å². The number of carboxylic acids is 1. The second kappa shape index (κ2) is 8.13. The first kappa shape index (κ1) is 21.7. The quantitative estimate of drug-likeness (QED) is 0.474. The SMILES string of the molecule is N#CC1(c2ccccc2-c2ccc(F)c3c2CC[C@H]3Oc2ccc3c(c2)OC[C@H]3CC(=O)O)CC1. The molecule has 176 valence electrons. The monoisotopic (exact) mass is 469 g/mol. The molecule has 0 unspecified atom stereocenters. The average Bonchev–Trinajstić information content (AvgIpc) is 3.40. The summed E-state index contributed by atoms with van der Waals surface area (Å²) < 4.78 is 27.1. The van der Waals surface area contributed by atoms with Crippen LogP contribution >= 0.6 is 0 Å². The minimum atomic E-state index is -0.857. The third-order valence-electron chi connectivity index (χ3n) is 7.54. The van der Waals surface area contributed by atoms with E-state index >= 15 is 4.39 Å². The standard InChI is InChI=1S/C29H24FNO4/c30-24-9-7-20(21-3-1-2-4-23(21)29(16-31)11-12-29)22-8-10-25(28(22)24)35-18-5-6-19-17(13-27(32)33)15-34-26(19)14-18/h1-7,9,14,17,25H,8,10-13,15H2,(H,32,33)/t17-,25-/m1/s1. The van der Waals surface area contributed by atoms with E-state index < -0.39 is 17.5 Å². The highest BCUT2D eigenvalue weighted by molar-refractivity contribution is 5.75. The zero-order valence-electron chi connectivity index (χ0n) is 19.1. The minimum absolute atomic E-state index is 0.0196. The molecule has 3 aromatic carbocycles. The van der Waals surface area contributed by atoms with E-state index in [2.05, 4.69) is 6.07 Å². The maximum absolute atomic E-state index is 15.1. The number of carbonyl (C=O) groups is 1. The van der Waals surface area contributed by atoms with E-state index in [9.17, 15) is 10.1 Å². The van der Waals surface area contributed by atoms with Crippen LogP contribution in [-0.2, 0) is 16.6 Å². The van der Waals surface area contributed by atoms with Gasteiger partial charge in [0, 0.05) is 23.1 Å². The summed E-state index contributed by atoms with van der Waals surface area (Å²) in [6.07, 6.45) is 2.62. The first-order valence-corrected chi connectivity index (χ1v) is 12.0. The fourth-order valence-electron chi connectivity index (χ4n) is 5.62. The molecule has 1 heterocycles. The van der Waals surface area contributed by atoms with Crippen molar-refractivity contribution in [3.8, 4) is 28.7 Å². The molecule has 0 aromatic heterocycles. The molecule has 3 aromatic rings. The Morgan fingerprint density at radius 3 is 2.77 bits per heavy atom. The van der Waals surface area contributed by atoms with Crippen molar-refractivity contribution in [1.29, 1.82) is 5.26 Å². The number of nitriles is 1. The summed E-state index contributed by atoms with van der Waals surface area (Å²) in [5, 5.41) is 18.9. The van der Waals surface area contributed by atoms with E-state index in [1.807, 2.05) is 36.4 Å². The lowest BCUT2D eigenvalue weighted by Gasteiger charge is -2.19. The predicted octanol–water partition coefficient (Wildman–Crippen LogP) is 6.06. The van der Waals surface area contributed by atoms with Gasteiger partial charge in [-0.1, -0.05) is 36.4 Å². The molecule has 1 saturated carbocycles. The molecule has 2 aliphatic carbocycles. The summed E-state index contributed by atoms with van der Waals surface area (Å²) in [4.78, 5) is 11.1. The first-order chi connectivity index (χ1) is 17.0. The van der Waals surface area contributed by atoms with Crippen molar-refractivity contribution in [2.75, 3.05) is 6.61 Å². The van der Waals surface area contributed by atoms with Crippen molar-refractivity contribution in [3.05, 3.63) is 82.7 Å². The fourth-order valence-corrected chi connectivity index (χ4v) is 5.62. The lowest BCUT2D eigenvalue weighted by atomic mass is 9.86. The summed E-state index contributed by atoms with van der Waals surface area (Å²) in [6.45, 7) is 0.332. The molecular weight excluding hydrogens is 445 g/mol. The van der Waals surface area contributed by atoms with Crippen LogP contribution in [-0.4, -0.2) is 17.7 Å². The van der Waals surface area contributed by atoms with Crippen molar-refractivity contribution >= 4 is 5.97 Å². The maximum Gasteiger partial charge on any atom is 0.304 e. The van der Waals surface area contributed by atoms with E-state index in [1.165, 1.54) is 6.07 Å². The van der Waals surface area contributed by atoms with Crippen LogP contribution in [0, 0.1) is 17.1 Å². The van der Waals surface area contributed by atoms with Crippen molar-refractivity contribution in [2.45, 2.75) is 49.5 Å². The summed E-state index contributed by atoms with van der Waals surface area (Å²) in [5.74, 6) is -0.119. The van der Waals surface area contributed by atoms with Gasteiger partial charge in [-0.25, -0.2) is 4.39 Å². The second-order valence-electron chi connectivity index (χ2n) is 9.68. The molecule has 6 rings (SSSR count). The average molecular weight is 470 g/mol. The number of rotatable bonds is 6. The van der Waals surface area contributed by atoms with Gasteiger partial charge in [0.2, 0.25) is 0 Å². The van der Waals surface area contributed by atoms with Crippen LogP contribution in [0.2, 0.25) is 0 Å². The number of ether oxygens (including phenoxy) is 2. The van der Waals surface area contributed by atoms with Gasteiger partial charge in [0.1, 0.15) is 23.4 Å². The Labute approximate surface area is 202 Å². The molecule has 5 nitrogen and oxygen atoms in total. The van der Waals surface area contributed by atoms with E-state index in [0.717, 1.165) is 40.7 Å². The Bertz CT molecular complexity index is 1390. The number of hydrogen-bond acceptors (Lipinski definition) is 4. The van der Waals surface area contributed by atoms with Gasteiger partial charge in [0.25, 0.3) is 0 Å². The number of hydrogen-bond donors (Lipinski definition) is 1. The van der Waals surface area contributed by atoms with E-state index in [4.69, 9.17) is 14.6 Å². The molecule has 1 aliphatic heterocycles. The molecule has 1 fully saturated rings. The predicted molar refractivity (Wildman–Crippen MR) is 127 cm³/mol. The number of fused-ring (bicyclic) bond motifs is 2. The summed E-state index contributed by atoms with van der Waals surface area (Å²) >= 11 is 0. The maximum atomic E-state index is 15.1. The second-order valence-corrected chi connectivity index (χ2v) is 9.68. The van der Waals surface area contributed by atoms with Crippen LogP contribution in [0.25, 0.3) is 11.1 Å². The Morgan fingerprint density at radius 2 is 2.00 bits per heavy atom. The molecule has 35 heavy (non-hydrogen) atoms. The Kier molecular flexibility index (Phi) is 5.03. The number of nitrogens with zero attached hydrogens (tertiary/aromatic N) is 1. The van der Waals surface area contributed by atoms with Crippen LogP contribution in [0.15, 0.2) is 54.6 Å². The van der Waals surface area contributed by atoms with Crippen LogP contribution in [0.4, 0.5) is 4.39 Å². The normalized spacial score (nSPS) is 20.9. The van der Waals surface area contributed by atoms with Gasteiger partial charge in [0.15, 0.2) is 0 Å². The molecule has 0 spiro atoms. The Hall–Kier alpha value is -3.85. The fraction of sp³-hybridized carbons (Fsp3) is 0.310. The number of benzene rings is 3. The van der Waals surface area contributed by atoms with Crippen LogP contribution in [0.1, 0.15) is 60.0 Å². The molecule has 0 saturated heterocycles. The van der Waals surface area contributed by atoms with Gasteiger partial charge in [0.05, 0.1) is 24.5 Å². The summed E-state index contributed by atoms with van der Waals surface area (Å²) in [7, 11) is 0. The van der Waals surface area contributed by atoms with Gasteiger partial charge in [-0.3, -0.25) is 4.79 Å². The lowest BCUT2D eigenvalue weighted by Crippen LogP contribution is -2.08. The van der Waals surface area contributed by atoms with Crippen LogP contribution < -0.4 is 9.47 Å². The zero-order valence-corrected chi connectivity index (χ0v) is 19.1. The van der Waals surface area contributed by atoms with Gasteiger partial charge >= 0.3 is 5.97 Å². The van der Waals surface area contributed by atoms with Crippen molar-refractivity contribution in [2.24, 2.45) is 0 Å². The highest BCUT2D eigenvalue weighted by Gasteiger charge is 2.46. The number of carboxylic acid groups (broad SMARTS) is 1. The van der Waals surface area contributed by atoms with Crippen molar-refractivity contribution in [3.63, 3.8) is 0 Å². The summed E-state index contributed by atoms with van der Waals surface area (Å²) in [6, 6.07) is 19.2. The molecule has 0 amide bonds. The molecule has 6 heteroatoms. The third-order valence-corrected chi connectivity index (χ3v) is 7.54. The summed E-state index contributed by atoms with van der Waals surface area (Å²) in [5.41, 5.74) is 4.93. The molecule has 1 N–H and O–H groups in total. The van der Waals surface area contributed by atoms with Gasteiger partial charge < -0.3 is 14.6 Å². The molecule has 0 radical (unpaired) electrons. The smallest absolute Gasteiger partial charge is 0.304 e. The van der Waals surface area contributed by atoms with Crippen molar-refractivity contribution < 1.29 is 23.8 Å². The first-order valence-electron chi connectivity index (χ1n) is 12.0. The Balaban J connectivity index is 1.32. The van der Waals surface area contributed by atoms with E-state index in [1.54, 1.807) is 12.1 Å². The Morgan fingerprint density at radius 1 is 1.17 bits per heavy atom. The highest BCUT2D eigenvalue weighted by atomic mass is 19.1. The number of aliphatic carboxylic acids is 1. The topological polar surface area (TPSA) is 79.5 Å². The van der Waals surface area contributed by atoms with Crippen LogP contribution in [0.5, 0.6) is 11.5 Å². The molecule has 0 bridgehead atoms. The molecule has 3 aliphatic rings. The largest absolute Gasteiger partial charge is 0.492 e. The lowest BCUT2D eigenvalue weighted by molar-refractivity contribution is -0.137. The highest BCUT2D eigenvalue weighted by Crippen LogP contribution is 2.52. The third kappa shape index (κ3) is 3.63. The van der Waals surface area contributed by atoms with Crippen molar-refractivity contribution in [1.82, 2.24) is 0 Å². The van der Waals surface area contributed by atoms with Crippen LogP contribution in [0.3, 0.4) is 0 Å². The van der Waals surface area contributed by atoms with E-state index in [0.29, 0.717) is 36.5 Å². The molecule has 2 atom stereocenters. The molecular formula is C29H24FNO4. The van der Waals surface area contributed by atoms with E-state index in [-0.39, 0.29) is 18.2 Å². The van der Waals surface area contributed by atoms with Gasteiger partial charge in [-0.05, 0) is 60.1 Å². The van der Waals surface area contributed by atoms with Gasteiger partial charge in [-0.15, -0.1) is 0 Å². The minimum Gasteiger partial charge on any atom is -0.492 e. The zero-order chi connectivity index (χ0) is 24.2.